The Labute approximate surface area is 119 Å². The summed E-state index contributed by atoms with van der Waals surface area (Å²) < 4.78 is 0. The van der Waals surface area contributed by atoms with E-state index in [9.17, 15) is 0 Å². The first-order valence-electron chi connectivity index (χ1n) is 6.62. The van der Waals surface area contributed by atoms with Gasteiger partial charge in [0.05, 0.1) is 0 Å². The van der Waals surface area contributed by atoms with Crippen molar-refractivity contribution in [3.8, 4) is 11.1 Å². The SMILES string of the molecule is CCCNCc1cc(Cl)ccc1-c1ccncc1C. The molecule has 100 valence electrons. The summed E-state index contributed by atoms with van der Waals surface area (Å²) in [5, 5.41) is 4.22. The summed E-state index contributed by atoms with van der Waals surface area (Å²) in [4.78, 5) is 4.15. The fourth-order valence-electron chi connectivity index (χ4n) is 2.15. The molecule has 0 fully saturated rings. The minimum absolute atomic E-state index is 0.781. The predicted molar refractivity (Wildman–Crippen MR) is 81.4 cm³/mol. The quantitative estimate of drug-likeness (QED) is 0.826. The third-order valence-corrected chi connectivity index (χ3v) is 3.36. The number of aryl methyl sites for hydroxylation is 1. The Morgan fingerprint density at radius 1 is 1.21 bits per heavy atom. The van der Waals surface area contributed by atoms with E-state index in [1.54, 1.807) is 0 Å². The van der Waals surface area contributed by atoms with Crippen LogP contribution in [0.5, 0.6) is 0 Å². The third-order valence-electron chi connectivity index (χ3n) is 3.12. The maximum atomic E-state index is 6.12. The minimum atomic E-state index is 0.781. The topological polar surface area (TPSA) is 24.9 Å². The van der Waals surface area contributed by atoms with Crippen molar-refractivity contribution in [2.24, 2.45) is 0 Å². The largest absolute Gasteiger partial charge is 0.313 e. The van der Waals surface area contributed by atoms with Gasteiger partial charge in [-0.25, -0.2) is 0 Å². The van der Waals surface area contributed by atoms with E-state index in [1.807, 2.05) is 24.5 Å². The summed E-state index contributed by atoms with van der Waals surface area (Å²) >= 11 is 6.12. The number of hydrogen-bond acceptors (Lipinski definition) is 2. The van der Waals surface area contributed by atoms with Crippen molar-refractivity contribution >= 4 is 11.6 Å². The molecule has 0 saturated heterocycles. The van der Waals surface area contributed by atoms with Crippen LogP contribution >= 0.6 is 11.6 Å². The highest BCUT2D eigenvalue weighted by molar-refractivity contribution is 6.30. The van der Waals surface area contributed by atoms with E-state index in [2.05, 4.69) is 36.3 Å². The number of benzene rings is 1. The van der Waals surface area contributed by atoms with E-state index >= 15 is 0 Å². The van der Waals surface area contributed by atoms with E-state index in [-0.39, 0.29) is 0 Å². The Bertz CT molecular complexity index is 552. The van der Waals surface area contributed by atoms with Crippen LogP contribution in [0.4, 0.5) is 0 Å². The van der Waals surface area contributed by atoms with Crippen molar-refractivity contribution in [3.05, 3.63) is 52.8 Å². The molecule has 0 aliphatic heterocycles. The second-order valence-electron chi connectivity index (χ2n) is 4.67. The van der Waals surface area contributed by atoms with Crippen LogP contribution < -0.4 is 5.32 Å². The van der Waals surface area contributed by atoms with E-state index in [0.717, 1.165) is 24.5 Å². The molecule has 0 atom stereocenters. The average Bonchev–Trinajstić information content (AvgIpc) is 2.40. The van der Waals surface area contributed by atoms with Crippen LogP contribution in [0, 0.1) is 6.92 Å². The third kappa shape index (κ3) is 3.55. The molecule has 1 N–H and O–H groups in total. The van der Waals surface area contributed by atoms with Gasteiger partial charge >= 0.3 is 0 Å². The lowest BCUT2D eigenvalue weighted by atomic mass is 9.97. The Morgan fingerprint density at radius 2 is 2.05 bits per heavy atom. The lowest BCUT2D eigenvalue weighted by Crippen LogP contribution is -2.14. The highest BCUT2D eigenvalue weighted by Crippen LogP contribution is 2.28. The molecule has 0 amide bonds. The molecule has 0 aliphatic rings. The van der Waals surface area contributed by atoms with E-state index < -0.39 is 0 Å². The van der Waals surface area contributed by atoms with Crippen LogP contribution in [0.2, 0.25) is 5.02 Å². The highest BCUT2D eigenvalue weighted by atomic mass is 35.5. The van der Waals surface area contributed by atoms with E-state index in [1.165, 1.54) is 22.3 Å². The zero-order valence-corrected chi connectivity index (χ0v) is 12.2. The van der Waals surface area contributed by atoms with Crippen molar-refractivity contribution < 1.29 is 0 Å². The molecule has 0 radical (unpaired) electrons. The molecule has 1 heterocycles. The molecule has 2 rings (SSSR count). The Kier molecular flexibility index (Phi) is 4.94. The fourth-order valence-corrected chi connectivity index (χ4v) is 2.34. The Hall–Kier alpha value is -1.38. The maximum Gasteiger partial charge on any atom is 0.0409 e. The molecule has 19 heavy (non-hydrogen) atoms. The van der Waals surface area contributed by atoms with Gasteiger partial charge in [-0.15, -0.1) is 0 Å². The number of hydrogen-bond donors (Lipinski definition) is 1. The van der Waals surface area contributed by atoms with Crippen molar-refractivity contribution in [1.29, 1.82) is 0 Å². The van der Waals surface area contributed by atoms with Crippen molar-refractivity contribution in [1.82, 2.24) is 10.3 Å². The van der Waals surface area contributed by atoms with Crippen LogP contribution in [-0.2, 0) is 6.54 Å². The first-order chi connectivity index (χ1) is 9.22. The number of rotatable bonds is 5. The molecule has 0 unspecified atom stereocenters. The smallest absolute Gasteiger partial charge is 0.0409 e. The number of pyridine rings is 1. The second-order valence-corrected chi connectivity index (χ2v) is 5.11. The monoisotopic (exact) mass is 274 g/mol. The predicted octanol–water partition coefficient (Wildman–Crippen LogP) is 4.21. The van der Waals surface area contributed by atoms with Crippen molar-refractivity contribution in [3.63, 3.8) is 0 Å². The number of nitrogens with zero attached hydrogens (tertiary/aromatic N) is 1. The minimum Gasteiger partial charge on any atom is -0.313 e. The van der Waals surface area contributed by atoms with Crippen LogP contribution in [-0.4, -0.2) is 11.5 Å². The van der Waals surface area contributed by atoms with Crippen molar-refractivity contribution in [2.75, 3.05) is 6.54 Å². The lowest BCUT2D eigenvalue weighted by molar-refractivity contribution is 0.676. The lowest BCUT2D eigenvalue weighted by Gasteiger charge is -2.13. The summed E-state index contributed by atoms with van der Waals surface area (Å²) in [5.74, 6) is 0. The van der Waals surface area contributed by atoms with Gasteiger partial charge in [0.1, 0.15) is 0 Å². The molecule has 1 aromatic carbocycles. The van der Waals surface area contributed by atoms with Crippen LogP contribution in [0.3, 0.4) is 0 Å². The second kappa shape index (κ2) is 6.69. The fraction of sp³-hybridized carbons (Fsp3) is 0.312. The Morgan fingerprint density at radius 3 is 2.79 bits per heavy atom. The van der Waals surface area contributed by atoms with Gasteiger partial charge in [-0.2, -0.15) is 0 Å². The molecule has 2 aromatic rings. The molecule has 0 spiro atoms. The normalized spacial score (nSPS) is 10.7. The van der Waals surface area contributed by atoms with Gasteiger partial charge in [0.2, 0.25) is 0 Å². The molecule has 3 heteroatoms. The van der Waals surface area contributed by atoms with Gasteiger partial charge < -0.3 is 5.32 Å². The first-order valence-corrected chi connectivity index (χ1v) is 7.00. The average molecular weight is 275 g/mol. The van der Waals surface area contributed by atoms with Gasteiger partial charge in [-0.1, -0.05) is 24.6 Å². The van der Waals surface area contributed by atoms with E-state index in [4.69, 9.17) is 11.6 Å². The summed E-state index contributed by atoms with van der Waals surface area (Å²) in [6.45, 7) is 6.10. The van der Waals surface area contributed by atoms with Gasteiger partial charge in [-0.3, -0.25) is 4.98 Å². The summed E-state index contributed by atoms with van der Waals surface area (Å²) in [5.41, 5.74) is 4.87. The summed E-state index contributed by atoms with van der Waals surface area (Å²) in [6, 6.07) is 8.13. The van der Waals surface area contributed by atoms with Gasteiger partial charge in [0, 0.05) is 24.0 Å². The van der Waals surface area contributed by atoms with Crippen molar-refractivity contribution in [2.45, 2.75) is 26.8 Å². The summed E-state index contributed by atoms with van der Waals surface area (Å²) in [6.07, 6.45) is 4.86. The maximum absolute atomic E-state index is 6.12. The number of nitrogens with one attached hydrogen (secondary N) is 1. The molecule has 2 nitrogen and oxygen atoms in total. The number of halogens is 1. The molecule has 0 aliphatic carbocycles. The molecule has 0 bridgehead atoms. The van der Waals surface area contributed by atoms with Gasteiger partial charge in [-0.05, 0) is 60.3 Å². The first kappa shape index (κ1) is 14.0. The van der Waals surface area contributed by atoms with Crippen LogP contribution in [0.1, 0.15) is 24.5 Å². The summed E-state index contributed by atoms with van der Waals surface area (Å²) in [7, 11) is 0. The molecular formula is C16H19ClN2. The number of aromatic nitrogens is 1. The van der Waals surface area contributed by atoms with Crippen LogP contribution in [0.25, 0.3) is 11.1 Å². The molecule has 1 aromatic heterocycles. The van der Waals surface area contributed by atoms with E-state index in [0.29, 0.717) is 0 Å². The zero-order chi connectivity index (χ0) is 13.7. The zero-order valence-electron chi connectivity index (χ0n) is 11.4. The molecular weight excluding hydrogens is 256 g/mol. The van der Waals surface area contributed by atoms with Crippen LogP contribution in [0.15, 0.2) is 36.7 Å². The van der Waals surface area contributed by atoms with Gasteiger partial charge in [0.25, 0.3) is 0 Å². The highest BCUT2D eigenvalue weighted by Gasteiger charge is 2.08. The standard InChI is InChI=1S/C16H19ClN2/c1-3-7-18-11-13-9-14(17)4-5-16(13)15-6-8-19-10-12(15)2/h4-6,8-10,18H,3,7,11H2,1-2H3. The Balaban J connectivity index is 2.36. The van der Waals surface area contributed by atoms with Gasteiger partial charge in [0.15, 0.2) is 0 Å². The molecule has 0 saturated carbocycles.